The van der Waals surface area contributed by atoms with E-state index in [0.29, 0.717) is 12.8 Å². The number of carbonyl (C=O) groups excluding carboxylic acids is 1. The summed E-state index contributed by atoms with van der Waals surface area (Å²) < 4.78 is 0. The Morgan fingerprint density at radius 1 is 1.18 bits per heavy atom. The zero-order valence-electron chi connectivity index (χ0n) is 9.77. The molecule has 0 bridgehead atoms. The maximum absolute atomic E-state index is 11.2. The molecule has 1 amide bonds. The maximum atomic E-state index is 11.2. The zero-order valence-corrected chi connectivity index (χ0v) is 9.77. The minimum Gasteiger partial charge on any atom is -0.479 e. The lowest BCUT2D eigenvalue weighted by molar-refractivity contribution is -0.153. The van der Waals surface area contributed by atoms with E-state index >= 15 is 0 Å². The van der Waals surface area contributed by atoms with E-state index in [1.54, 1.807) is 13.8 Å². The molecule has 0 fully saturated rings. The Morgan fingerprint density at radius 2 is 1.65 bits per heavy atom. The maximum Gasteiger partial charge on any atom is 0.338 e. The van der Waals surface area contributed by atoms with Crippen LogP contribution in [0.2, 0.25) is 0 Å². The van der Waals surface area contributed by atoms with Crippen molar-refractivity contribution in [3.63, 3.8) is 0 Å². The van der Waals surface area contributed by atoms with Gasteiger partial charge in [-0.05, 0) is 26.7 Å². The van der Waals surface area contributed by atoms with Crippen LogP contribution in [0.5, 0.6) is 0 Å². The Labute approximate surface area is 98.4 Å². The van der Waals surface area contributed by atoms with Gasteiger partial charge in [-0.25, -0.2) is 9.59 Å². The predicted octanol–water partition coefficient (Wildman–Crippen LogP) is -0.418. The average molecular weight is 247 g/mol. The SMILES string of the molecule is CC(C)(O)CCCC(=O)NC(C(=O)O)C(=O)O. The molecule has 0 saturated heterocycles. The molecular formula is C10H17NO6. The van der Waals surface area contributed by atoms with Gasteiger partial charge in [-0.3, -0.25) is 4.79 Å². The summed E-state index contributed by atoms with van der Waals surface area (Å²) in [4.78, 5) is 32.2. The largest absolute Gasteiger partial charge is 0.479 e. The van der Waals surface area contributed by atoms with E-state index in [-0.39, 0.29) is 6.42 Å². The van der Waals surface area contributed by atoms with Crippen molar-refractivity contribution in [1.29, 1.82) is 0 Å². The Morgan fingerprint density at radius 3 is 2.00 bits per heavy atom. The van der Waals surface area contributed by atoms with Crippen LogP contribution in [0, 0.1) is 0 Å². The fourth-order valence-corrected chi connectivity index (χ4v) is 1.14. The first-order valence-corrected chi connectivity index (χ1v) is 5.11. The topological polar surface area (TPSA) is 124 Å². The van der Waals surface area contributed by atoms with Gasteiger partial charge in [-0.15, -0.1) is 0 Å². The lowest BCUT2D eigenvalue weighted by Gasteiger charge is -2.16. The van der Waals surface area contributed by atoms with Gasteiger partial charge in [0.05, 0.1) is 5.60 Å². The van der Waals surface area contributed by atoms with E-state index in [1.165, 1.54) is 0 Å². The van der Waals surface area contributed by atoms with Gasteiger partial charge in [0.25, 0.3) is 0 Å². The smallest absolute Gasteiger partial charge is 0.338 e. The molecule has 0 unspecified atom stereocenters. The molecule has 0 spiro atoms. The highest BCUT2D eigenvalue weighted by molar-refractivity contribution is 6.00. The minimum atomic E-state index is -1.93. The molecule has 17 heavy (non-hydrogen) atoms. The van der Waals surface area contributed by atoms with Crippen LogP contribution < -0.4 is 5.32 Å². The molecule has 0 aromatic rings. The van der Waals surface area contributed by atoms with Crippen LogP contribution in [0.4, 0.5) is 0 Å². The monoisotopic (exact) mass is 247 g/mol. The fourth-order valence-electron chi connectivity index (χ4n) is 1.14. The van der Waals surface area contributed by atoms with Gasteiger partial charge >= 0.3 is 11.9 Å². The molecule has 0 aliphatic heterocycles. The van der Waals surface area contributed by atoms with Crippen molar-refractivity contribution >= 4 is 17.8 Å². The number of hydrogen-bond donors (Lipinski definition) is 4. The van der Waals surface area contributed by atoms with Gasteiger partial charge in [0, 0.05) is 6.42 Å². The molecule has 4 N–H and O–H groups in total. The average Bonchev–Trinajstić information content (AvgIpc) is 2.10. The highest BCUT2D eigenvalue weighted by Crippen LogP contribution is 2.11. The first-order valence-electron chi connectivity index (χ1n) is 5.11. The second-order valence-electron chi connectivity index (χ2n) is 4.34. The number of hydrogen-bond acceptors (Lipinski definition) is 4. The van der Waals surface area contributed by atoms with Crippen LogP contribution in [-0.2, 0) is 14.4 Å². The summed E-state index contributed by atoms with van der Waals surface area (Å²) in [6, 6.07) is -1.93. The van der Waals surface area contributed by atoms with E-state index in [4.69, 9.17) is 10.2 Å². The Kier molecular flexibility index (Phi) is 5.60. The molecular weight excluding hydrogens is 230 g/mol. The van der Waals surface area contributed by atoms with Gasteiger partial charge in [-0.2, -0.15) is 0 Å². The predicted molar refractivity (Wildman–Crippen MR) is 57.4 cm³/mol. The number of carboxylic acids is 2. The van der Waals surface area contributed by atoms with E-state index in [1.807, 2.05) is 5.32 Å². The van der Waals surface area contributed by atoms with E-state index in [0.717, 1.165) is 0 Å². The van der Waals surface area contributed by atoms with E-state index < -0.39 is 29.5 Å². The normalized spacial score (nSPS) is 11.3. The fraction of sp³-hybridized carbons (Fsp3) is 0.700. The Hall–Kier alpha value is -1.63. The highest BCUT2D eigenvalue weighted by Gasteiger charge is 2.27. The van der Waals surface area contributed by atoms with Crippen molar-refractivity contribution in [2.45, 2.75) is 44.8 Å². The third-order valence-corrected chi connectivity index (χ3v) is 1.99. The summed E-state index contributed by atoms with van der Waals surface area (Å²) >= 11 is 0. The van der Waals surface area contributed by atoms with Gasteiger partial charge in [0.15, 0.2) is 0 Å². The number of rotatable bonds is 7. The lowest BCUT2D eigenvalue weighted by atomic mass is 10.0. The van der Waals surface area contributed by atoms with Gasteiger partial charge < -0.3 is 20.6 Å². The van der Waals surface area contributed by atoms with Crippen LogP contribution in [0.15, 0.2) is 0 Å². The molecule has 7 nitrogen and oxygen atoms in total. The molecule has 0 atom stereocenters. The summed E-state index contributed by atoms with van der Waals surface area (Å²) in [5.74, 6) is -3.90. The molecule has 0 radical (unpaired) electrons. The van der Waals surface area contributed by atoms with Gasteiger partial charge in [0.2, 0.25) is 11.9 Å². The Balaban J connectivity index is 4.09. The standard InChI is InChI=1S/C10H17NO6/c1-10(2,17)5-3-4-6(12)11-7(8(13)14)9(15)16/h7,17H,3-5H2,1-2H3,(H,11,12)(H,13,14)(H,15,16). The van der Waals surface area contributed by atoms with E-state index in [9.17, 15) is 19.5 Å². The van der Waals surface area contributed by atoms with Gasteiger partial charge in [0.1, 0.15) is 0 Å². The molecule has 0 saturated carbocycles. The number of aliphatic hydroxyl groups is 1. The Bertz CT molecular complexity index is 292. The minimum absolute atomic E-state index is 0.0267. The molecule has 0 aliphatic carbocycles. The number of nitrogens with one attached hydrogen (secondary N) is 1. The molecule has 0 aromatic carbocycles. The van der Waals surface area contributed by atoms with Crippen molar-refractivity contribution in [3.05, 3.63) is 0 Å². The number of aliphatic carboxylic acids is 2. The van der Waals surface area contributed by atoms with Crippen LogP contribution in [-0.4, -0.2) is 44.8 Å². The molecule has 0 aromatic heterocycles. The summed E-state index contributed by atoms with van der Waals surface area (Å²) in [5, 5.41) is 28.3. The van der Waals surface area contributed by atoms with Crippen molar-refractivity contribution in [3.8, 4) is 0 Å². The molecule has 98 valence electrons. The quantitative estimate of drug-likeness (QED) is 0.453. The van der Waals surface area contributed by atoms with Crippen LogP contribution in [0.25, 0.3) is 0 Å². The number of amides is 1. The van der Waals surface area contributed by atoms with Crippen molar-refractivity contribution < 1.29 is 29.7 Å². The van der Waals surface area contributed by atoms with Crippen LogP contribution in [0.1, 0.15) is 33.1 Å². The second-order valence-corrected chi connectivity index (χ2v) is 4.34. The van der Waals surface area contributed by atoms with Crippen LogP contribution >= 0.6 is 0 Å². The number of carboxylic acid groups (broad SMARTS) is 2. The molecule has 7 heteroatoms. The summed E-state index contributed by atoms with van der Waals surface area (Å²) in [7, 11) is 0. The lowest BCUT2D eigenvalue weighted by Crippen LogP contribution is -2.46. The summed E-state index contributed by atoms with van der Waals surface area (Å²) in [6.07, 6.45) is 0.688. The third kappa shape index (κ3) is 7.29. The van der Waals surface area contributed by atoms with Crippen LogP contribution in [0.3, 0.4) is 0 Å². The molecule has 0 aliphatic rings. The van der Waals surface area contributed by atoms with E-state index in [2.05, 4.69) is 0 Å². The molecule has 0 rings (SSSR count). The molecule has 0 heterocycles. The number of carbonyl (C=O) groups is 3. The second kappa shape index (κ2) is 6.19. The highest BCUT2D eigenvalue weighted by atomic mass is 16.4. The zero-order chi connectivity index (χ0) is 13.6. The van der Waals surface area contributed by atoms with Gasteiger partial charge in [-0.1, -0.05) is 0 Å². The third-order valence-electron chi connectivity index (χ3n) is 1.99. The van der Waals surface area contributed by atoms with Crippen molar-refractivity contribution in [1.82, 2.24) is 5.32 Å². The summed E-state index contributed by atoms with van der Waals surface area (Å²) in [5.41, 5.74) is -0.903. The first-order chi connectivity index (χ1) is 7.63. The van der Waals surface area contributed by atoms with Crippen molar-refractivity contribution in [2.75, 3.05) is 0 Å². The summed E-state index contributed by atoms with van der Waals surface area (Å²) in [6.45, 7) is 3.17. The first kappa shape index (κ1) is 15.4. The van der Waals surface area contributed by atoms with Crippen molar-refractivity contribution in [2.24, 2.45) is 0 Å².